The van der Waals surface area contributed by atoms with Gasteiger partial charge in [-0.25, -0.2) is 0 Å². The predicted octanol–water partition coefficient (Wildman–Crippen LogP) is 2.42. The van der Waals surface area contributed by atoms with Gasteiger partial charge >= 0.3 is 0 Å². The largest absolute Gasteiger partial charge is 0.345 e. The van der Waals surface area contributed by atoms with Crippen molar-refractivity contribution in [3.63, 3.8) is 0 Å². The van der Waals surface area contributed by atoms with E-state index in [0.29, 0.717) is 17.3 Å². The molecule has 0 saturated heterocycles. The molecule has 0 aliphatic carbocycles. The van der Waals surface area contributed by atoms with E-state index in [4.69, 9.17) is 4.52 Å². The maximum Gasteiger partial charge on any atom is 0.253 e. The minimum Gasteiger partial charge on any atom is -0.345 e. The smallest absolute Gasteiger partial charge is 0.253 e. The summed E-state index contributed by atoms with van der Waals surface area (Å²) in [6.45, 7) is 4.03. The lowest BCUT2D eigenvalue weighted by Gasteiger charge is -2.01. The van der Waals surface area contributed by atoms with E-state index in [1.165, 1.54) is 0 Å². The Morgan fingerprint density at radius 2 is 2.11 bits per heavy atom. The molecule has 1 amide bonds. The molecule has 1 aromatic heterocycles. The molecule has 98 valence electrons. The summed E-state index contributed by atoms with van der Waals surface area (Å²) in [5.41, 5.74) is 1.52. The molecule has 0 saturated carbocycles. The molecule has 0 aliphatic heterocycles. The molecule has 2 aromatic rings. The third-order valence-corrected chi connectivity index (χ3v) is 2.68. The lowest BCUT2D eigenvalue weighted by atomic mass is 10.2. The quantitative estimate of drug-likeness (QED) is 0.913. The van der Waals surface area contributed by atoms with Crippen molar-refractivity contribution >= 4 is 11.5 Å². The first-order chi connectivity index (χ1) is 9.20. The standard InChI is InChI=1S/C14H15N3O2/c1-3-10(2)14-16-12(17-19-14)9-15-13(18)11-7-5-4-6-8-11/h3-8H,9H2,1-2H3,(H,15,18)/b10-3+. The molecule has 0 bridgehead atoms. The van der Waals surface area contributed by atoms with Crippen LogP contribution in [-0.4, -0.2) is 16.0 Å². The number of aromatic nitrogens is 2. The second kappa shape index (κ2) is 5.95. The van der Waals surface area contributed by atoms with Crippen LogP contribution in [0.4, 0.5) is 0 Å². The molecular weight excluding hydrogens is 242 g/mol. The number of nitrogens with one attached hydrogen (secondary N) is 1. The Hall–Kier alpha value is -2.43. The van der Waals surface area contributed by atoms with Gasteiger partial charge in [0.05, 0.1) is 6.54 Å². The molecule has 0 radical (unpaired) electrons. The number of carbonyl (C=O) groups is 1. The minimum absolute atomic E-state index is 0.158. The first-order valence-electron chi connectivity index (χ1n) is 6.00. The van der Waals surface area contributed by atoms with Crippen LogP contribution >= 0.6 is 0 Å². The van der Waals surface area contributed by atoms with Crippen molar-refractivity contribution in [3.05, 3.63) is 53.7 Å². The Balaban J connectivity index is 1.96. The van der Waals surface area contributed by atoms with E-state index in [0.717, 1.165) is 5.57 Å². The maximum absolute atomic E-state index is 11.8. The SMILES string of the molecule is C/C=C(\C)c1nc(CNC(=O)c2ccccc2)no1. The van der Waals surface area contributed by atoms with Gasteiger partial charge in [-0.1, -0.05) is 29.4 Å². The summed E-state index contributed by atoms with van der Waals surface area (Å²) in [5, 5.41) is 6.55. The molecule has 0 atom stereocenters. The van der Waals surface area contributed by atoms with E-state index < -0.39 is 0 Å². The fraction of sp³-hybridized carbons (Fsp3) is 0.214. The first-order valence-corrected chi connectivity index (χ1v) is 6.00. The summed E-state index contributed by atoms with van der Waals surface area (Å²) in [4.78, 5) is 16.0. The summed E-state index contributed by atoms with van der Waals surface area (Å²) in [7, 11) is 0. The summed E-state index contributed by atoms with van der Waals surface area (Å²) < 4.78 is 5.07. The van der Waals surface area contributed by atoms with Crippen LogP contribution in [-0.2, 0) is 6.54 Å². The number of carbonyl (C=O) groups excluding carboxylic acids is 1. The molecular formula is C14H15N3O2. The van der Waals surface area contributed by atoms with Gasteiger partial charge in [0.1, 0.15) is 0 Å². The highest BCUT2D eigenvalue weighted by molar-refractivity contribution is 5.93. The Labute approximate surface area is 111 Å². The Kier molecular flexibility index (Phi) is 4.07. The third-order valence-electron chi connectivity index (χ3n) is 2.68. The lowest BCUT2D eigenvalue weighted by Crippen LogP contribution is -2.23. The number of benzene rings is 1. The van der Waals surface area contributed by atoms with E-state index in [1.54, 1.807) is 12.1 Å². The average molecular weight is 257 g/mol. The number of allylic oxidation sites excluding steroid dienone is 2. The van der Waals surface area contributed by atoms with Crippen molar-refractivity contribution in [2.75, 3.05) is 0 Å². The van der Waals surface area contributed by atoms with Crippen LogP contribution in [0.3, 0.4) is 0 Å². The summed E-state index contributed by atoms with van der Waals surface area (Å²) in [6.07, 6.45) is 1.89. The Morgan fingerprint density at radius 3 is 2.79 bits per heavy atom. The molecule has 0 unspecified atom stereocenters. The van der Waals surface area contributed by atoms with Crippen LogP contribution < -0.4 is 5.32 Å². The van der Waals surface area contributed by atoms with Gasteiger partial charge in [0.15, 0.2) is 5.82 Å². The second-order valence-corrected chi connectivity index (χ2v) is 4.04. The highest BCUT2D eigenvalue weighted by Crippen LogP contribution is 2.10. The molecule has 0 spiro atoms. The molecule has 5 heteroatoms. The number of hydrogen-bond acceptors (Lipinski definition) is 4. The van der Waals surface area contributed by atoms with Gasteiger partial charge in [0.2, 0.25) is 0 Å². The van der Waals surface area contributed by atoms with Gasteiger partial charge in [-0.15, -0.1) is 0 Å². The Bertz CT molecular complexity index is 588. The topological polar surface area (TPSA) is 68.0 Å². The van der Waals surface area contributed by atoms with Crippen molar-refractivity contribution in [3.8, 4) is 0 Å². The summed E-state index contributed by atoms with van der Waals surface area (Å²) in [5.74, 6) is 0.779. The van der Waals surface area contributed by atoms with E-state index in [2.05, 4.69) is 15.5 Å². The number of nitrogens with zero attached hydrogens (tertiary/aromatic N) is 2. The van der Waals surface area contributed by atoms with E-state index in [-0.39, 0.29) is 12.5 Å². The zero-order valence-electron chi connectivity index (χ0n) is 10.9. The fourth-order valence-corrected chi connectivity index (χ4v) is 1.46. The summed E-state index contributed by atoms with van der Waals surface area (Å²) >= 11 is 0. The van der Waals surface area contributed by atoms with Crippen LogP contribution in [0.2, 0.25) is 0 Å². The van der Waals surface area contributed by atoms with Gasteiger partial charge in [0, 0.05) is 11.1 Å². The lowest BCUT2D eigenvalue weighted by molar-refractivity contribution is 0.0949. The monoisotopic (exact) mass is 257 g/mol. The molecule has 0 fully saturated rings. The number of amides is 1. The van der Waals surface area contributed by atoms with E-state index in [1.807, 2.05) is 38.1 Å². The number of hydrogen-bond donors (Lipinski definition) is 1. The van der Waals surface area contributed by atoms with Crippen LogP contribution in [0.5, 0.6) is 0 Å². The van der Waals surface area contributed by atoms with Crippen molar-refractivity contribution in [2.45, 2.75) is 20.4 Å². The van der Waals surface area contributed by atoms with Crippen LogP contribution in [0.25, 0.3) is 5.57 Å². The molecule has 0 aliphatic rings. The van der Waals surface area contributed by atoms with Crippen LogP contribution in [0.1, 0.15) is 35.9 Å². The van der Waals surface area contributed by atoms with Gasteiger partial charge in [-0.2, -0.15) is 4.98 Å². The first kappa shape index (κ1) is 13.0. The van der Waals surface area contributed by atoms with E-state index >= 15 is 0 Å². The molecule has 19 heavy (non-hydrogen) atoms. The zero-order valence-corrected chi connectivity index (χ0v) is 10.9. The fourth-order valence-electron chi connectivity index (χ4n) is 1.46. The van der Waals surface area contributed by atoms with E-state index in [9.17, 15) is 4.79 Å². The van der Waals surface area contributed by atoms with Crippen molar-refractivity contribution in [2.24, 2.45) is 0 Å². The summed E-state index contributed by atoms with van der Waals surface area (Å²) in [6, 6.07) is 9.00. The second-order valence-electron chi connectivity index (χ2n) is 4.04. The van der Waals surface area contributed by atoms with Gasteiger partial charge in [-0.3, -0.25) is 4.79 Å². The van der Waals surface area contributed by atoms with Crippen LogP contribution in [0.15, 0.2) is 40.9 Å². The van der Waals surface area contributed by atoms with Gasteiger partial charge in [0.25, 0.3) is 11.8 Å². The maximum atomic E-state index is 11.8. The van der Waals surface area contributed by atoms with Crippen molar-refractivity contribution < 1.29 is 9.32 Å². The molecule has 1 heterocycles. The van der Waals surface area contributed by atoms with Crippen molar-refractivity contribution in [1.82, 2.24) is 15.5 Å². The molecule has 2 rings (SSSR count). The van der Waals surface area contributed by atoms with Gasteiger partial charge < -0.3 is 9.84 Å². The zero-order chi connectivity index (χ0) is 13.7. The highest BCUT2D eigenvalue weighted by atomic mass is 16.5. The third kappa shape index (κ3) is 3.28. The number of rotatable bonds is 4. The Morgan fingerprint density at radius 1 is 1.37 bits per heavy atom. The molecule has 5 nitrogen and oxygen atoms in total. The van der Waals surface area contributed by atoms with Crippen molar-refractivity contribution in [1.29, 1.82) is 0 Å². The molecule has 1 aromatic carbocycles. The predicted molar refractivity (Wildman–Crippen MR) is 71.2 cm³/mol. The average Bonchev–Trinajstić information content (AvgIpc) is 2.93. The minimum atomic E-state index is -0.158. The highest BCUT2D eigenvalue weighted by Gasteiger charge is 2.09. The van der Waals surface area contributed by atoms with Crippen LogP contribution in [0, 0.1) is 0 Å². The molecule has 1 N–H and O–H groups in total. The van der Waals surface area contributed by atoms with Gasteiger partial charge in [-0.05, 0) is 26.0 Å². The normalized spacial score (nSPS) is 11.4.